The van der Waals surface area contributed by atoms with Crippen LogP contribution in [0.1, 0.15) is 18.1 Å². The van der Waals surface area contributed by atoms with E-state index in [0.29, 0.717) is 16.3 Å². The maximum atomic E-state index is 13.2. The lowest BCUT2D eigenvalue weighted by Crippen LogP contribution is -2.50. The standard InChI is InChI=1S/C21H26ClN3O4S/c1-15-18(22)11-8-12-19(15)25(30(4,28)29)14-20(26)24(16(2)21(27)23-3)13-17-9-6-5-7-10-17/h5-12,16H,13-14H2,1-4H3,(H,23,27)/t16-/m1/s1. The quantitative estimate of drug-likeness (QED) is 0.668. The first-order chi connectivity index (χ1) is 14.1. The van der Waals surface area contributed by atoms with Crippen LogP contribution >= 0.6 is 11.6 Å². The fourth-order valence-electron chi connectivity index (χ4n) is 3.03. The summed E-state index contributed by atoms with van der Waals surface area (Å²) in [6.07, 6.45) is 1.03. The molecule has 0 heterocycles. The Balaban J connectivity index is 2.41. The molecule has 2 rings (SSSR count). The lowest BCUT2D eigenvalue weighted by Gasteiger charge is -2.31. The normalized spacial score (nSPS) is 12.2. The maximum Gasteiger partial charge on any atom is 0.244 e. The second-order valence-corrected chi connectivity index (χ2v) is 9.27. The Morgan fingerprint density at radius 2 is 1.73 bits per heavy atom. The summed E-state index contributed by atoms with van der Waals surface area (Å²) in [6.45, 7) is 3.01. The summed E-state index contributed by atoms with van der Waals surface area (Å²) in [5.74, 6) is -0.844. The Morgan fingerprint density at radius 3 is 2.30 bits per heavy atom. The van der Waals surface area contributed by atoms with E-state index in [-0.39, 0.29) is 12.5 Å². The van der Waals surface area contributed by atoms with Crippen LogP contribution in [0.5, 0.6) is 0 Å². The first-order valence-electron chi connectivity index (χ1n) is 9.34. The number of nitrogens with one attached hydrogen (secondary N) is 1. The molecule has 0 radical (unpaired) electrons. The third-order valence-corrected chi connectivity index (χ3v) is 6.33. The number of rotatable bonds is 8. The van der Waals surface area contributed by atoms with Crippen LogP contribution in [-0.4, -0.2) is 51.0 Å². The molecule has 0 bridgehead atoms. The number of likely N-dealkylation sites (N-methyl/N-ethyl adjacent to an activating group) is 1. The molecule has 0 saturated heterocycles. The van der Waals surface area contributed by atoms with E-state index in [1.807, 2.05) is 30.3 Å². The van der Waals surface area contributed by atoms with Gasteiger partial charge in [0.05, 0.1) is 11.9 Å². The Kier molecular flexibility index (Phi) is 7.86. The number of anilines is 1. The molecule has 2 aromatic rings. The van der Waals surface area contributed by atoms with Crippen molar-refractivity contribution in [2.24, 2.45) is 0 Å². The van der Waals surface area contributed by atoms with Gasteiger partial charge in [0, 0.05) is 18.6 Å². The van der Waals surface area contributed by atoms with Crippen LogP contribution in [-0.2, 0) is 26.2 Å². The smallest absolute Gasteiger partial charge is 0.244 e. The molecule has 0 spiro atoms. The molecular weight excluding hydrogens is 426 g/mol. The topological polar surface area (TPSA) is 86.8 Å². The second kappa shape index (κ2) is 9.95. The molecule has 0 aliphatic heterocycles. The molecule has 162 valence electrons. The number of carbonyl (C=O) groups excluding carboxylic acids is 2. The number of nitrogens with zero attached hydrogens (tertiary/aromatic N) is 2. The fraction of sp³-hybridized carbons (Fsp3) is 0.333. The first kappa shape index (κ1) is 23.7. The lowest BCUT2D eigenvalue weighted by atomic mass is 10.1. The molecule has 0 aromatic heterocycles. The highest BCUT2D eigenvalue weighted by Gasteiger charge is 2.30. The summed E-state index contributed by atoms with van der Waals surface area (Å²) in [4.78, 5) is 26.9. The summed E-state index contributed by atoms with van der Waals surface area (Å²) in [5.41, 5.74) is 1.70. The highest BCUT2D eigenvalue weighted by atomic mass is 35.5. The Bertz CT molecular complexity index is 1010. The number of carbonyl (C=O) groups is 2. The predicted octanol–water partition coefficient (Wildman–Crippen LogP) is 2.58. The van der Waals surface area contributed by atoms with E-state index < -0.39 is 28.5 Å². The van der Waals surface area contributed by atoms with E-state index >= 15 is 0 Å². The Hall–Kier alpha value is -2.58. The zero-order valence-electron chi connectivity index (χ0n) is 17.4. The monoisotopic (exact) mass is 451 g/mol. The minimum atomic E-state index is -3.78. The molecule has 0 unspecified atom stereocenters. The van der Waals surface area contributed by atoms with Crippen LogP contribution in [0.15, 0.2) is 48.5 Å². The SMILES string of the molecule is CNC(=O)[C@@H](C)N(Cc1ccccc1)C(=O)CN(c1cccc(Cl)c1C)S(C)(=O)=O. The largest absolute Gasteiger partial charge is 0.357 e. The van der Waals surface area contributed by atoms with Gasteiger partial charge in [-0.3, -0.25) is 13.9 Å². The van der Waals surface area contributed by atoms with E-state index in [4.69, 9.17) is 11.6 Å². The van der Waals surface area contributed by atoms with Crippen molar-refractivity contribution in [1.29, 1.82) is 0 Å². The van der Waals surface area contributed by atoms with Crippen molar-refractivity contribution in [3.63, 3.8) is 0 Å². The van der Waals surface area contributed by atoms with Gasteiger partial charge in [0.25, 0.3) is 0 Å². The third-order valence-electron chi connectivity index (χ3n) is 4.80. The van der Waals surface area contributed by atoms with E-state index in [2.05, 4.69) is 5.32 Å². The molecule has 0 saturated carbocycles. The van der Waals surface area contributed by atoms with Crippen molar-refractivity contribution in [2.45, 2.75) is 26.4 Å². The maximum absolute atomic E-state index is 13.2. The van der Waals surface area contributed by atoms with Gasteiger partial charge in [-0.1, -0.05) is 48.0 Å². The van der Waals surface area contributed by atoms with Crippen LogP contribution in [0.3, 0.4) is 0 Å². The van der Waals surface area contributed by atoms with E-state index in [1.165, 1.54) is 11.9 Å². The van der Waals surface area contributed by atoms with Gasteiger partial charge in [0.15, 0.2) is 0 Å². The molecule has 0 aliphatic carbocycles. The van der Waals surface area contributed by atoms with Gasteiger partial charge in [0.1, 0.15) is 12.6 Å². The molecule has 2 amide bonds. The average molecular weight is 452 g/mol. The second-order valence-electron chi connectivity index (χ2n) is 6.95. The van der Waals surface area contributed by atoms with Gasteiger partial charge in [-0.05, 0) is 37.1 Å². The third kappa shape index (κ3) is 5.73. The predicted molar refractivity (Wildman–Crippen MR) is 119 cm³/mol. The van der Waals surface area contributed by atoms with Crippen molar-refractivity contribution in [3.8, 4) is 0 Å². The molecule has 30 heavy (non-hydrogen) atoms. The van der Waals surface area contributed by atoms with E-state index in [9.17, 15) is 18.0 Å². The van der Waals surface area contributed by atoms with Gasteiger partial charge in [-0.2, -0.15) is 0 Å². The van der Waals surface area contributed by atoms with Crippen LogP contribution in [0.2, 0.25) is 5.02 Å². The molecule has 1 N–H and O–H groups in total. The highest BCUT2D eigenvalue weighted by Crippen LogP contribution is 2.28. The van der Waals surface area contributed by atoms with Gasteiger partial charge in [0.2, 0.25) is 21.8 Å². The number of benzene rings is 2. The zero-order valence-corrected chi connectivity index (χ0v) is 19.0. The van der Waals surface area contributed by atoms with Gasteiger partial charge >= 0.3 is 0 Å². The number of halogens is 1. The summed E-state index contributed by atoms with van der Waals surface area (Å²) in [5, 5.41) is 2.93. The summed E-state index contributed by atoms with van der Waals surface area (Å²) in [6, 6.07) is 13.3. The van der Waals surface area contributed by atoms with E-state index in [1.54, 1.807) is 32.0 Å². The number of hydrogen-bond acceptors (Lipinski definition) is 4. The molecular formula is C21H26ClN3O4S. The van der Waals surface area contributed by atoms with Crippen molar-refractivity contribution in [1.82, 2.24) is 10.2 Å². The average Bonchev–Trinajstić information content (AvgIpc) is 2.71. The number of sulfonamides is 1. The Labute approximate surface area is 182 Å². The molecule has 1 atom stereocenters. The van der Waals surface area contributed by atoms with E-state index in [0.717, 1.165) is 16.1 Å². The van der Waals surface area contributed by atoms with Crippen molar-refractivity contribution in [2.75, 3.05) is 24.2 Å². The molecule has 7 nitrogen and oxygen atoms in total. The first-order valence-corrected chi connectivity index (χ1v) is 11.6. The van der Waals surface area contributed by atoms with Crippen molar-refractivity contribution >= 4 is 39.1 Å². The summed E-state index contributed by atoms with van der Waals surface area (Å²) < 4.78 is 26.0. The van der Waals surface area contributed by atoms with Crippen LogP contribution in [0.25, 0.3) is 0 Å². The van der Waals surface area contributed by atoms with Crippen molar-refractivity contribution < 1.29 is 18.0 Å². The number of hydrogen-bond donors (Lipinski definition) is 1. The molecule has 0 fully saturated rings. The van der Waals surface area contributed by atoms with Crippen LogP contribution in [0.4, 0.5) is 5.69 Å². The molecule has 9 heteroatoms. The number of amides is 2. The van der Waals surface area contributed by atoms with Gasteiger partial charge in [-0.15, -0.1) is 0 Å². The van der Waals surface area contributed by atoms with Gasteiger partial charge in [-0.25, -0.2) is 8.42 Å². The minimum absolute atomic E-state index is 0.167. The zero-order chi connectivity index (χ0) is 22.5. The minimum Gasteiger partial charge on any atom is -0.357 e. The fourth-order valence-corrected chi connectivity index (χ4v) is 4.10. The molecule has 2 aromatic carbocycles. The summed E-state index contributed by atoms with van der Waals surface area (Å²) >= 11 is 6.16. The Morgan fingerprint density at radius 1 is 1.10 bits per heavy atom. The van der Waals surface area contributed by atoms with Gasteiger partial charge < -0.3 is 10.2 Å². The highest BCUT2D eigenvalue weighted by molar-refractivity contribution is 7.92. The van der Waals surface area contributed by atoms with Crippen molar-refractivity contribution in [3.05, 3.63) is 64.7 Å². The van der Waals surface area contributed by atoms with Crippen LogP contribution < -0.4 is 9.62 Å². The van der Waals surface area contributed by atoms with Crippen LogP contribution in [0, 0.1) is 6.92 Å². The summed E-state index contributed by atoms with van der Waals surface area (Å²) in [7, 11) is -2.30. The molecule has 0 aliphatic rings. The lowest BCUT2D eigenvalue weighted by molar-refractivity contribution is -0.139.